The van der Waals surface area contributed by atoms with Gasteiger partial charge in [0.2, 0.25) is 23.6 Å². The van der Waals surface area contributed by atoms with E-state index in [1.807, 2.05) is 36.4 Å². The van der Waals surface area contributed by atoms with E-state index in [9.17, 15) is 24.3 Å². The highest BCUT2D eigenvalue weighted by molar-refractivity contribution is 9.11. The summed E-state index contributed by atoms with van der Waals surface area (Å²) in [7, 11) is 0. The molecule has 268 valence electrons. The first-order chi connectivity index (χ1) is 24.0. The van der Waals surface area contributed by atoms with Crippen LogP contribution in [0.25, 0.3) is 0 Å². The summed E-state index contributed by atoms with van der Waals surface area (Å²) in [4.78, 5) is 60.4. The normalized spacial score (nSPS) is 14.1. The number of hydrogen-bond donors (Lipinski definition) is 5. The lowest BCUT2D eigenvalue weighted by Crippen LogP contribution is -2.57. The quantitative estimate of drug-likeness (QED) is 0.134. The van der Waals surface area contributed by atoms with Crippen LogP contribution >= 0.6 is 31.9 Å². The summed E-state index contributed by atoms with van der Waals surface area (Å²) in [6, 6.07) is 13.0. The van der Waals surface area contributed by atoms with Crippen molar-refractivity contribution in [1.29, 1.82) is 0 Å². The number of nitrogens with two attached hydrogens (primary N) is 1. The number of halogens is 2. The lowest BCUT2D eigenvalue weighted by atomic mass is 10.0. The van der Waals surface area contributed by atoms with Crippen molar-refractivity contribution in [3.63, 3.8) is 0 Å². The van der Waals surface area contributed by atoms with Crippen molar-refractivity contribution in [2.75, 3.05) is 42.9 Å². The molecule has 12 nitrogen and oxygen atoms in total. The number of aromatic hydroxyl groups is 1. The molecule has 6 N–H and O–H groups in total. The summed E-state index contributed by atoms with van der Waals surface area (Å²) in [5, 5.41) is 18.8. The minimum atomic E-state index is -0.976. The maximum atomic E-state index is 14.0. The van der Waals surface area contributed by atoms with Crippen LogP contribution in [0.4, 0.5) is 11.4 Å². The number of phenolic OH excluding ortho intramolecular Hbond substituents is 1. The summed E-state index contributed by atoms with van der Waals surface area (Å²) in [6.07, 6.45) is 6.77. The molecule has 0 spiro atoms. The molecule has 4 amide bonds. The van der Waals surface area contributed by atoms with Gasteiger partial charge in [0.25, 0.3) is 0 Å². The molecule has 4 rings (SSSR count). The van der Waals surface area contributed by atoms with E-state index in [0.29, 0.717) is 85.0 Å². The Bertz CT molecular complexity index is 1580. The van der Waals surface area contributed by atoms with Gasteiger partial charge in [0.15, 0.2) is 0 Å². The van der Waals surface area contributed by atoms with E-state index in [-0.39, 0.29) is 36.3 Å². The van der Waals surface area contributed by atoms with Crippen LogP contribution in [-0.4, -0.2) is 83.4 Å². The standard InChI is InChI=1S/C36H45Br2N7O5/c1-24(46)41-27-10-8-25(9-11-27)5-4-7-33(47)42-32(23-26-21-29(37)34(48)30(38)22-26)35(49)43-31(6-2-3-14-39)36(50)45-19-17-44(18-20-45)28-12-15-40-16-13-28/h8-13,15-16,21-22,31-32,48H,2-7,14,17-20,23,39H2,1H3,(H,41,46)(H,42,47)(H,43,49)/t31-,32-/m0/s1. The summed E-state index contributed by atoms with van der Waals surface area (Å²) >= 11 is 6.70. The van der Waals surface area contributed by atoms with Gasteiger partial charge in [-0.15, -0.1) is 0 Å². The summed E-state index contributed by atoms with van der Waals surface area (Å²) in [5.74, 6) is -1.04. The number of amides is 4. The number of nitrogens with one attached hydrogen (secondary N) is 3. The number of benzene rings is 2. The van der Waals surface area contributed by atoms with Gasteiger partial charge in [-0.05, 0) is 118 Å². The van der Waals surface area contributed by atoms with Crippen molar-refractivity contribution >= 4 is 66.9 Å². The minimum absolute atomic E-state index is 0.0264. The van der Waals surface area contributed by atoms with Crippen LogP contribution in [0.15, 0.2) is 69.9 Å². The number of aryl methyl sites for hydroxylation is 1. The zero-order valence-corrected chi connectivity index (χ0v) is 31.3. The fourth-order valence-corrected chi connectivity index (χ4v) is 7.12. The van der Waals surface area contributed by atoms with Crippen LogP contribution in [-0.2, 0) is 32.0 Å². The molecule has 0 bridgehead atoms. The first-order valence-corrected chi connectivity index (χ1v) is 18.4. The molecule has 0 aliphatic carbocycles. The van der Waals surface area contributed by atoms with E-state index in [0.717, 1.165) is 11.3 Å². The number of hydrogen-bond acceptors (Lipinski definition) is 8. The molecule has 0 saturated carbocycles. The van der Waals surface area contributed by atoms with Gasteiger partial charge in [0.1, 0.15) is 17.8 Å². The minimum Gasteiger partial charge on any atom is -0.506 e. The third-order valence-corrected chi connectivity index (χ3v) is 9.70. The molecule has 2 heterocycles. The molecular weight excluding hydrogens is 770 g/mol. The van der Waals surface area contributed by atoms with E-state index >= 15 is 0 Å². The molecular formula is C36H45Br2N7O5. The van der Waals surface area contributed by atoms with Gasteiger partial charge in [-0.1, -0.05) is 12.1 Å². The number of nitrogens with zero attached hydrogens (tertiary/aromatic N) is 3. The SMILES string of the molecule is CC(=O)Nc1ccc(CCCC(=O)N[C@@H](Cc2cc(Br)c(O)c(Br)c2)C(=O)N[C@@H](CCCCN)C(=O)N2CCN(c3ccncc3)CC2)cc1. The van der Waals surface area contributed by atoms with Gasteiger partial charge >= 0.3 is 0 Å². The number of pyridine rings is 1. The van der Waals surface area contributed by atoms with E-state index in [4.69, 9.17) is 5.73 Å². The second kappa shape index (κ2) is 19.4. The predicted molar refractivity (Wildman–Crippen MR) is 201 cm³/mol. The fraction of sp³-hybridized carbons (Fsp3) is 0.417. The summed E-state index contributed by atoms with van der Waals surface area (Å²) in [5.41, 5.74) is 9.21. The lowest BCUT2D eigenvalue weighted by molar-refractivity contribution is -0.137. The number of carbonyl (C=O) groups excluding carboxylic acids is 4. The molecule has 1 fully saturated rings. The highest BCUT2D eigenvalue weighted by atomic mass is 79.9. The maximum Gasteiger partial charge on any atom is 0.245 e. The van der Waals surface area contributed by atoms with Gasteiger partial charge in [-0.3, -0.25) is 24.2 Å². The smallest absolute Gasteiger partial charge is 0.245 e. The maximum absolute atomic E-state index is 14.0. The van der Waals surface area contributed by atoms with Crippen molar-refractivity contribution in [3.05, 3.63) is 81.0 Å². The van der Waals surface area contributed by atoms with E-state index < -0.39 is 18.0 Å². The van der Waals surface area contributed by atoms with Gasteiger partial charge < -0.3 is 36.6 Å². The number of rotatable bonds is 16. The second-order valence-corrected chi connectivity index (χ2v) is 14.0. The fourth-order valence-electron chi connectivity index (χ4n) is 5.84. The van der Waals surface area contributed by atoms with Gasteiger partial charge in [0.05, 0.1) is 8.95 Å². The second-order valence-electron chi connectivity index (χ2n) is 12.3. The Kier molecular flexibility index (Phi) is 15.0. The first-order valence-electron chi connectivity index (χ1n) is 16.8. The average Bonchev–Trinajstić information content (AvgIpc) is 3.10. The number of phenols is 1. The Morgan fingerprint density at radius 1 is 0.880 bits per heavy atom. The zero-order chi connectivity index (χ0) is 36.0. The van der Waals surface area contributed by atoms with Crippen molar-refractivity contribution in [2.24, 2.45) is 5.73 Å². The summed E-state index contributed by atoms with van der Waals surface area (Å²) < 4.78 is 0.884. The largest absolute Gasteiger partial charge is 0.506 e. The molecule has 1 aliphatic heterocycles. The Hall–Kier alpha value is -4.01. The number of unbranched alkanes of at least 4 members (excludes halogenated alkanes) is 1. The van der Waals surface area contributed by atoms with Gasteiger partial charge in [-0.2, -0.15) is 0 Å². The van der Waals surface area contributed by atoms with Crippen LogP contribution in [0.2, 0.25) is 0 Å². The summed E-state index contributed by atoms with van der Waals surface area (Å²) in [6.45, 7) is 4.25. The molecule has 1 aliphatic rings. The molecule has 14 heteroatoms. The first kappa shape index (κ1) is 38.8. The highest BCUT2D eigenvalue weighted by Gasteiger charge is 2.31. The highest BCUT2D eigenvalue weighted by Crippen LogP contribution is 2.33. The van der Waals surface area contributed by atoms with E-state index in [1.54, 1.807) is 29.4 Å². The molecule has 50 heavy (non-hydrogen) atoms. The number of carbonyl (C=O) groups is 4. The molecule has 0 radical (unpaired) electrons. The van der Waals surface area contributed by atoms with Crippen LogP contribution in [0, 0.1) is 0 Å². The Morgan fingerprint density at radius 3 is 2.16 bits per heavy atom. The number of aromatic nitrogens is 1. The van der Waals surface area contributed by atoms with Crippen molar-refractivity contribution in [1.82, 2.24) is 20.5 Å². The number of piperazine rings is 1. The van der Waals surface area contributed by atoms with Crippen LogP contribution < -0.4 is 26.6 Å². The average molecular weight is 816 g/mol. The predicted octanol–water partition coefficient (Wildman–Crippen LogP) is 4.28. The van der Waals surface area contributed by atoms with Gasteiger partial charge in [0, 0.05) is 69.7 Å². The van der Waals surface area contributed by atoms with Crippen LogP contribution in [0.5, 0.6) is 5.75 Å². The van der Waals surface area contributed by atoms with Crippen LogP contribution in [0.3, 0.4) is 0 Å². The van der Waals surface area contributed by atoms with Crippen LogP contribution in [0.1, 0.15) is 50.2 Å². The molecule has 2 atom stereocenters. The van der Waals surface area contributed by atoms with E-state index in [1.165, 1.54) is 6.92 Å². The third kappa shape index (κ3) is 11.8. The van der Waals surface area contributed by atoms with Crippen molar-refractivity contribution < 1.29 is 24.3 Å². The molecule has 1 saturated heterocycles. The van der Waals surface area contributed by atoms with Gasteiger partial charge in [-0.25, -0.2) is 0 Å². The molecule has 3 aromatic rings. The Balaban J connectivity index is 1.43. The molecule has 2 aromatic carbocycles. The monoisotopic (exact) mass is 813 g/mol. The topological polar surface area (TPSA) is 170 Å². The third-order valence-electron chi connectivity index (χ3n) is 8.49. The Morgan fingerprint density at radius 2 is 1.54 bits per heavy atom. The van der Waals surface area contributed by atoms with Crippen molar-refractivity contribution in [2.45, 2.75) is 64.0 Å². The molecule has 1 aromatic heterocycles. The lowest BCUT2D eigenvalue weighted by Gasteiger charge is -2.37. The molecule has 0 unspecified atom stereocenters. The zero-order valence-electron chi connectivity index (χ0n) is 28.2. The Labute approximate surface area is 309 Å². The van der Waals surface area contributed by atoms with E-state index in [2.05, 4.69) is 57.7 Å². The van der Waals surface area contributed by atoms with Crippen molar-refractivity contribution in [3.8, 4) is 5.75 Å². The number of anilines is 2.